The third kappa shape index (κ3) is 4.23. The van der Waals surface area contributed by atoms with Crippen LogP contribution in [0.15, 0.2) is 12.3 Å². The Bertz CT molecular complexity index is 407. The minimum Gasteiger partial charge on any atom is -0.314 e. The number of carbonyl (C=O) groups is 1. The predicted molar refractivity (Wildman–Crippen MR) is 70.5 cm³/mol. The fraction of sp³-hybridized carbons (Fsp3) is 0.583. The summed E-state index contributed by atoms with van der Waals surface area (Å²) in [7, 11) is 0. The molecular formula is C12H17ClN4O. The van der Waals surface area contributed by atoms with Crippen LogP contribution in [0, 0.1) is 0 Å². The van der Waals surface area contributed by atoms with Crippen molar-refractivity contribution in [2.45, 2.75) is 38.1 Å². The van der Waals surface area contributed by atoms with Crippen LogP contribution in [0.3, 0.4) is 0 Å². The zero-order chi connectivity index (χ0) is 12.8. The Labute approximate surface area is 111 Å². The zero-order valence-corrected chi connectivity index (χ0v) is 10.9. The lowest BCUT2D eigenvalue weighted by molar-refractivity contribution is -0.116. The number of piperidine rings is 1. The van der Waals surface area contributed by atoms with E-state index in [0.717, 1.165) is 19.4 Å². The van der Waals surface area contributed by atoms with Gasteiger partial charge in [-0.1, -0.05) is 6.42 Å². The zero-order valence-electron chi connectivity index (χ0n) is 10.2. The maximum absolute atomic E-state index is 11.7. The van der Waals surface area contributed by atoms with Crippen molar-refractivity contribution >= 4 is 23.3 Å². The topological polar surface area (TPSA) is 66.9 Å². The first-order valence-corrected chi connectivity index (χ1v) is 6.63. The molecule has 0 saturated carbocycles. The van der Waals surface area contributed by atoms with E-state index in [0.29, 0.717) is 18.3 Å². The Morgan fingerprint density at radius 2 is 2.44 bits per heavy atom. The summed E-state index contributed by atoms with van der Waals surface area (Å²) in [6.45, 7) is 1.06. The van der Waals surface area contributed by atoms with Crippen molar-refractivity contribution in [1.82, 2.24) is 15.3 Å². The van der Waals surface area contributed by atoms with E-state index in [1.165, 1.54) is 19.0 Å². The highest BCUT2D eigenvalue weighted by Gasteiger charge is 2.14. The molecule has 0 aromatic carbocycles. The number of aromatic nitrogens is 2. The number of rotatable bonds is 4. The molecule has 0 spiro atoms. The summed E-state index contributed by atoms with van der Waals surface area (Å²) >= 11 is 5.64. The Kier molecular flexibility index (Phi) is 4.90. The second-order valence-electron chi connectivity index (χ2n) is 4.44. The SMILES string of the molecule is O=C(CCC1CCCCN1)Nc1ccnc(Cl)n1. The second-order valence-corrected chi connectivity index (χ2v) is 4.78. The maximum atomic E-state index is 11.7. The van der Waals surface area contributed by atoms with Crippen LogP contribution >= 0.6 is 11.6 Å². The van der Waals surface area contributed by atoms with Crippen molar-refractivity contribution < 1.29 is 4.79 Å². The summed E-state index contributed by atoms with van der Waals surface area (Å²) in [6.07, 6.45) is 6.53. The van der Waals surface area contributed by atoms with E-state index in [4.69, 9.17) is 11.6 Å². The molecule has 18 heavy (non-hydrogen) atoms. The fourth-order valence-corrected chi connectivity index (χ4v) is 2.23. The molecule has 2 rings (SSSR count). The monoisotopic (exact) mass is 268 g/mol. The van der Waals surface area contributed by atoms with Gasteiger partial charge >= 0.3 is 0 Å². The molecule has 2 heterocycles. The maximum Gasteiger partial charge on any atom is 0.225 e. The summed E-state index contributed by atoms with van der Waals surface area (Å²) in [5.74, 6) is 0.425. The molecule has 1 aromatic heterocycles. The lowest BCUT2D eigenvalue weighted by atomic mass is 10.0. The fourth-order valence-electron chi connectivity index (χ4n) is 2.09. The number of halogens is 1. The van der Waals surface area contributed by atoms with Crippen molar-refractivity contribution in [3.05, 3.63) is 17.5 Å². The van der Waals surface area contributed by atoms with Crippen LogP contribution in [0.25, 0.3) is 0 Å². The quantitative estimate of drug-likeness (QED) is 0.820. The van der Waals surface area contributed by atoms with Crippen LogP contribution in [0.4, 0.5) is 5.82 Å². The van der Waals surface area contributed by atoms with Crippen molar-refractivity contribution in [3.8, 4) is 0 Å². The van der Waals surface area contributed by atoms with E-state index < -0.39 is 0 Å². The normalized spacial score (nSPS) is 19.5. The number of hydrogen-bond acceptors (Lipinski definition) is 4. The summed E-state index contributed by atoms with van der Waals surface area (Å²) in [5.41, 5.74) is 0. The van der Waals surface area contributed by atoms with Crippen molar-refractivity contribution in [2.75, 3.05) is 11.9 Å². The Balaban J connectivity index is 1.74. The number of carbonyl (C=O) groups excluding carboxylic acids is 1. The average molecular weight is 269 g/mol. The molecule has 5 nitrogen and oxygen atoms in total. The van der Waals surface area contributed by atoms with E-state index in [-0.39, 0.29) is 11.2 Å². The number of nitrogens with zero attached hydrogens (tertiary/aromatic N) is 2. The molecule has 0 aliphatic carbocycles. The first kappa shape index (κ1) is 13.2. The second kappa shape index (κ2) is 6.66. The summed E-state index contributed by atoms with van der Waals surface area (Å²) in [5, 5.41) is 6.28. The third-order valence-corrected chi connectivity index (χ3v) is 3.21. The first-order chi connectivity index (χ1) is 8.74. The lowest BCUT2D eigenvalue weighted by Gasteiger charge is -2.22. The molecule has 98 valence electrons. The molecule has 1 unspecified atom stereocenters. The van der Waals surface area contributed by atoms with Gasteiger partial charge in [-0.05, 0) is 43.5 Å². The number of hydrogen-bond donors (Lipinski definition) is 2. The molecule has 0 radical (unpaired) electrons. The molecule has 1 aromatic rings. The summed E-state index contributed by atoms with van der Waals surface area (Å²) < 4.78 is 0. The van der Waals surface area contributed by atoms with Crippen molar-refractivity contribution in [2.24, 2.45) is 0 Å². The highest BCUT2D eigenvalue weighted by atomic mass is 35.5. The van der Waals surface area contributed by atoms with E-state index in [9.17, 15) is 4.79 Å². The van der Waals surface area contributed by atoms with Gasteiger partial charge in [-0.3, -0.25) is 4.79 Å². The van der Waals surface area contributed by atoms with Crippen LogP contribution in [-0.4, -0.2) is 28.5 Å². The van der Waals surface area contributed by atoms with Gasteiger partial charge in [-0.15, -0.1) is 0 Å². The average Bonchev–Trinajstić information content (AvgIpc) is 2.38. The third-order valence-electron chi connectivity index (χ3n) is 3.03. The van der Waals surface area contributed by atoms with E-state index in [2.05, 4.69) is 20.6 Å². The molecular weight excluding hydrogens is 252 g/mol. The lowest BCUT2D eigenvalue weighted by Crippen LogP contribution is -2.34. The molecule has 1 amide bonds. The van der Waals surface area contributed by atoms with Gasteiger partial charge in [0.05, 0.1) is 0 Å². The smallest absolute Gasteiger partial charge is 0.225 e. The van der Waals surface area contributed by atoms with E-state index >= 15 is 0 Å². The number of anilines is 1. The highest BCUT2D eigenvalue weighted by Crippen LogP contribution is 2.12. The van der Waals surface area contributed by atoms with Crippen LogP contribution < -0.4 is 10.6 Å². The van der Waals surface area contributed by atoms with Crippen molar-refractivity contribution in [3.63, 3.8) is 0 Å². The van der Waals surface area contributed by atoms with Crippen molar-refractivity contribution in [1.29, 1.82) is 0 Å². The van der Waals surface area contributed by atoms with Gasteiger partial charge in [0.25, 0.3) is 0 Å². The summed E-state index contributed by atoms with van der Waals surface area (Å²) in [4.78, 5) is 19.4. The predicted octanol–water partition coefficient (Wildman–Crippen LogP) is 1.99. The number of amides is 1. The molecule has 1 aliphatic heterocycles. The first-order valence-electron chi connectivity index (χ1n) is 6.26. The van der Waals surface area contributed by atoms with Gasteiger partial charge in [-0.2, -0.15) is 0 Å². The van der Waals surface area contributed by atoms with Gasteiger partial charge in [0.1, 0.15) is 5.82 Å². The van der Waals surface area contributed by atoms with Crippen LogP contribution in [0.2, 0.25) is 5.28 Å². The molecule has 2 N–H and O–H groups in total. The highest BCUT2D eigenvalue weighted by molar-refractivity contribution is 6.28. The summed E-state index contributed by atoms with van der Waals surface area (Å²) in [6, 6.07) is 2.10. The molecule has 1 atom stereocenters. The Morgan fingerprint density at radius 1 is 1.56 bits per heavy atom. The van der Waals surface area contributed by atoms with Crippen LogP contribution in [-0.2, 0) is 4.79 Å². The van der Waals surface area contributed by atoms with Crippen LogP contribution in [0.5, 0.6) is 0 Å². The van der Waals surface area contributed by atoms with Gasteiger partial charge in [-0.25, -0.2) is 9.97 Å². The standard InChI is InChI=1S/C12H17ClN4O/c13-12-15-8-6-10(17-12)16-11(18)5-4-9-3-1-2-7-14-9/h6,8-9,14H,1-5,7H2,(H,15,16,17,18). The molecule has 1 fully saturated rings. The van der Waals surface area contributed by atoms with E-state index in [1.54, 1.807) is 6.07 Å². The van der Waals surface area contributed by atoms with Gasteiger partial charge in [0, 0.05) is 18.7 Å². The molecule has 6 heteroatoms. The molecule has 0 bridgehead atoms. The van der Waals surface area contributed by atoms with Crippen LogP contribution in [0.1, 0.15) is 32.1 Å². The van der Waals surface area contributed by atoms with E-state index in [1.807, 2.05) is 0 Å². The largest absolute Gasteiger partial charge is 0.314 e. The molecule has 1 aliphatic rings. The minimum absolute atomic E-state index is 0.0304. The van der Waals surface area contributed by atoms with Gasteiger partial charge < -0.3 is 10.6 Å². The van der Waals surface area contributed by atoms with Gasteiger partial charge in [0.2, 0.25) is 11.2 Å². The number of nitrogens with one attached hydrogen (secondary N) is 2. The molecule has 1 saturated heterocycles. The minimum atomic E-state index is -0.0304. The van der Waals surface area contributed by atoms with Gasteiger partial charge in [0.15, 0.2) is 0 Å². The Morgan fingerprint density at radius 3 is 3.17 bits per heavy atom. The Hall–Kier alpha value is -1.20.